The van der Waals surface area contributed by atoms with Gasteiger partial charge in [-0.3, -0.25) is 0 Å². The highest BCUT2D eigenvalue weighted by Gasteiger charge is 2.57. The van der Waals surface area contributed by atoms with Gasteiger partial charge in [-0.1, -0.05) is 37.6 Å². The minimum absolute atomic E-state index is 0.341. The van der Waals surface area contributed by atoms with E-state index < -0.39 is 0 Å². The van der Waals surface area contributed by atoms with Crippen LogP contribution in [0.15, 0.2) is 18.2 Å². The average Bonchev–Trinajstić information content (AvgIpc) is 2.73. The largest absolute Gasteiger partial charge is 0.330 e. The molecule has 15 heavy (non-hydrogen) atoms. The number of rotatable bonds is 2. The minimum atomic E-state index is 0.341. The maximum absolute atomic E-state index is 6.14. The van der Waals surface area contributed by atoms with Crippen LogP contribution in [0.4, 0.5) is 0 Å². The van der Waals surface area contributed by atoms with E-state index in [4.69, 9.17) is 17.3 Å². The monoisotopic (exact) mass is 223 g/mol. The Labute approximate surface area is 96.6 Å². The standard InChI is InChI=1S/C13H18ClN/c1-8-4-5-9(6-11(8)14)12-10(7-15)13(12,2)3/h4-6,10,12H,7,15H2,1-3H3. The Kier molecular flexibility index (Phi) is 2.56. The fourth-order valence-corrected chi connectivity index (χ4v) is 2.84. The summed E-state index contributed by atoms with van der Waals surface area (Å²) in [6, 6.07) is 6.38. The Bertz CT molecular complexity index is 384. The first kappa shape index (κ1) is 11.0. The van der Waals surface area contributed by atoms with Gasteiger partial charge in [0, 0.05) is 5.02 Å². The van der Waals surface area contributed by atoms with Crippen LogP contribution >= 0.6 is 11.6 Å². The molecular formula is C13H18ClN. The molecular weight excluding hydrogens is 206 g/mol. The van der Waals surface area contributed by atoms with Gasteiger partial charge in [-0.25, -0.2) is 0 Å². The molecule has 2 heteroatoms. The lowest BCUT2D eigenvalue weighted by Crippen LogP contribution is -2.05. The Balaban J connectivity index is 2.29. The van der Waals surface area contributed by atoms with Crippen LogP contribution < -0.4 is 5.73 Å². The van der Waals surface area contributed by atoms with Gasteiger partial charge in [0.25, 0.3) is 0 Å². The summed E-state index contributed by atoms with van der Waals surface area (Å²) >= 11 is 6.14. The molecule has 0 bridgehead atoms. The van der Waals surface area contributed by atoms with Gasteiger partial charge in [0.2, 0.25) is 0 Å². The van der Waals surface area contributed by atoms with E-state index in [2.05, 4.69) is 32.0 Å². The normalized spacial score (nSPS) is 27.8. The van der Waals surface area contributed by atoms with E-state index in [0.29, 0.717) is 17.3 Å². The molecule has 1 aromatic rings. The molecule has 82 valence electrons. The number of halogens is 1. The molecule has 0 amide bonds. The first-order valence-corrected chi connectivity index (χ1v) is 5.82. The summed E-state index contributed by atoms with van der Waals surface area (Å²) in [6.45, 7) is 7.36. The number of hydrogen-bond acceptors (Lipinski definition) is 1. The van der Waals surface area contributed by atoms with E-state index in [-0.39, 0.29) is 0 Å². The summed E-state index contributed by atoms with van der Waals surface area (Å²) in [5, 5.41) is 0.867. The summed E-state index contributed by atoms with van der Waals surface area (Å²) in [4.78, 5) is 0. The molecule has 2 rings (SSSR count). The molecule has 1 aliphatic rings. The summed E-state index contributed by atoms with van der Waals surface area (Å²) in [5.74, 6) is 1.19. The van der Waals surface area contributed by atoms with E-state index in [1.54, 1.807) is 0 Å². The molecule has 0 heterocycles. The van der Waals surface area contributed by atoms with E-state index in [1.807, 2.05) is 6.92 Å². The molecule has 2 N–H and O–H groups in total. The number of aryl methyl sites for hydroxylation is 1. The van der Waals surface area contributed by atoms with Crippen LogP contribution in [-0.2, 0) is 0 Å². The summed E-state index contributed by atoms with van der Waals surface area (Å²) in [6.07, 6.45) is 0. The molecule has 0 radical (unpaired) electrons. The zero-order chi connectivity index (χ0) is 11.2. The Morgan fingerprint density at radius 3 is 2.53 bits per heavy atom. The van der Waals surface area contributed by atoms with Gasteiger partial charge in [-0.05, 0) is 47.9 Å². The summed E-state index contributed by atoms with van der Waals surface area (Å²) in [7, 11) is 0. The Morgan fingerprint density at radius 1 is 1.40 bits per heavy atom. The zero-order valence-electron chi connectivity index (χ0n) is 9.55. The Morgan fingerprint density at radius 2 is 2.07 bits per heavy atom. The highest BCUT2D eigenvalue weighted by Crippen LogP contribution is 2.63. The Hall–Kier alpha value is -0.530. The lowest BCUT2D eigenvalue weighted by molar-refractivity contribution is 0.558. The average molecular weight is 224 g/mol. The van der Waals surface area contributed by atoms with Crippen LogP contribution in [-0.4, -0.2) is 6.54 Å². The molecule has 1 fully saturated rings. The van der Waals surface area contributed by atoms with Gasteiger partial charge < -0.3 is 5.73 Å². The van der Waals surface area contributed by atoms with E-state index in [0.717, 1.165) is 17.1 Å². The van der Waals surface area contributed by atoms with E-state index in [1.165, 1.54) is 5.56 Å². The quantitative estimate of drug-likeness (QED) is 0.818. The predicted octanol–water partition coefficient (Wildman–Crippen LogP) is 3.35. The molecule has 0 aliphatic heterocycles. The second-order valence-corrected chi connectivity index (χ2v) is 5.56. The first-order valence-electron chi connectivity index (χ1n) is 5.44. The van der Waals surface area contributed by atoms with Gasteiger partial charge >= 0.3 is 0 Å². The second-order valence-electron chi connectivity index (χ2n) is 5.15. The molecule has 0 spiro atoms. The SMILES string of the molecule is Cc1ccc(C2C(CN)C2(C)C)cc1Cl. The third kappa shape index (κ3) is 1.68. The van der Waals surface area contributed by atoms with Crippen molar-refractivity contribution < 1.29 is 0 Å². The van der Waals surface area contributed by atoms with Crippen LogP contribution in [0.2, 0.25) is 5.02 Å². The van der Waals surface area contributed by atoms with Crippen LogP contribution in [0.5, 0.6) is 0 Å². The van der Waals surface area contributed by atoms with Crippen LogP contribution in [0, 0.1) is 18.3 Å². The first-order chi connectivity index (χ1) is 6.98. The molecule has 0 saturated heterocycles. The van der Waals surface area contributed by atoms with Gasteiger partial charge in [-0.2, -0.15) is 0 Å². The van der Waals surface area contributed by atoms with Crippen LogP contribution in [0.3, 0.4) is 0 Å². The van der Waals surface area contributed by atoms with Gasteiger partial charge in [0.15, 0.2) is 0 Å². The highest BCUT2D eigenvalue weighted by atomic mass is 35.5. The zero-order valence-corrected chi connectivity index (χ0v) is 10.3. The fourth-order valence-electron chi connectivity index (χ4n) is 2.65. The van der Waals surface area contributed by atoms with Crippen molar-refractivity contribution in [2.75, 3.05) is 6.54 Å². The van der Waals surface area contributed by atoms with Crippen molar-refractivity contribution in [3.05, 3.63) is 34.3 Å². The molecule has 0 aromatic heterocycles. The molecule has 1 aliphatic carbocycles. The van der Waals surface area contributed by atoms with E-state index in [9.17, 15) is 0 Å². The van der Waals surface area contributed by atoms with Crippen LogP contribution in [0.1, 0.15) is 30.9 Å². The third-order valence-electron chi connectivity index (χ3n) is 3.86. The molecule has 2 unspecified atom stereocenters. The minimum Gasteiger partial charge on any atom is -0.330 e. The van der Waals surface area contributed by atoms with Crippen molar-refractivity contribution in [1.82, 2.24) is 0 Å². The maximum Gasteiger partial charge on any atom is 0.0438 e. The van der Waals surface area contributed by atoms with Crippen molar-refractivity contribution >= 4 is 11.6 Å². The summed E-state index contributed by atoms with van der Waals surface area (Å²) in [5.41, 5.74) is 8.59. The third-order valence-corrected chi connectivity index (χ3v) is 4.27. The predicted molar refractivity (Wildman–Crippen MR) is 65.3 cm³/mol. The maximum atomic E-state index is 6.14. The van der Waals surface area contributed by atoms with Crippen molar-refractivity contribution in [2.45, 2.75) is 26.7 Å². The van der Waals surface area contributed by atoms with Gasteiger partial charge in [0.05, 0.1) is 0 Å². The van der Waals surface area contributed by atoms with Crippen molar-refractivity contribution in [2.24, 2.45) is 17.1 Å². The van der Waals surface area contributed by atoms with Gasteiger partial charge in [0.1, 0.15) is 0 Å². The lowest BCUT2D eigenvalue weighted by Gasteiger charge is -2.05. The van der Waals surface area contributed by atoms with E-state index >= 15 is 0 Å². The topological polar surface area (TPSA) is 26.0 Å². The second kappa shape index (κ2) is 3.50. The number of nitrogens with two attached hydrogens (primary N) is 1. The number of hydrogen-bond donors (Lipinski definition) is 1. The van der Waals surface area contributed by atoms with Crippen molar-refractivity contribution in [3.63, 3.8) is 0 Å². The van der Waals surface area contributed by atoms with Crippen molar-refractivity contribution in [3.8, 4) is 0 Å². The molecule has 2 atom stereocenters. The lowest BCUT2D eigenvalue weighted by atomic mass is 10.0. The molecule has 1 saturated carbocycles. The van der Waals surface area contributed by atoms with Crippen LogP contribution in [0.25, 0.3) is 0 Å². The molecule has 1 nitrogen and oxygen atoms in total. The van der Waals surface area contributed by atoms with Gasteiger partial charge in [-0.15, -0.1) is 0 Å². The number of benzene rings is 1. The fraction of sp³-hybridized carbons (Fsp3) is 0.538. The highest BCUT2D eigenvalue weighted by molar-refractivity contribution is 6.31. The van der Waals surface area contributed by atoms with Crippen molar-refractivity contribution in [1.29, 1.82) is 0 Å². The smallest absolute Gasteiger partial charge is 0.0438 e. The molecule has 1 aromatic carbocycles. The summed E-state index contributed by atoms with van der Waals surface area (Å²) < 4.78 is 0.